The first-order chi connectivity index (χ1) is 16.5. The average Bonchev–Trinajstić information content (AvgIpc) is 2.87. The zero-order chi connectivity index (χ0) is 24.5. The van der Waals surface area contributed by atoms with Crippen molar-refractivity contribution in [1.29, 1.82) is 0 Å². The van der Waals surface area contributed by atoms with E-state index < -0.39 is 6.03 Å². The molecule has 8 nitrogen and oxygen atoms in total. The number of hydrogen-bond acceptors (Lipinski definition) is 6. The predicted molar refractivity (Wildman–Crippen MR) is 132 cm³/mol. The molecule has 2 N–H and O–H groups in total. The van der Waals surface area contributed by atoms with Gasteiger partial charge in [-0.3, -0.25) is 4.79 Å². The molecular weight excluding hydrogens is 436 g/mol. The fourth-order valence-corrected chi connectivity index (χ4v) is 3.15. The zero-order valence-corrected chi connectivity index (χ0v) is 19.4. The molecule has 0 atom stereocenters. The number of hydrogen-bond donors (Lipinski definition) is 2. The lowest BCUT2D eigenvalue weighted by Gasteiger charge is -2.12. The number of methoxy groups -OCH3 is 4. The largest absolute Gasteiger partial charge is 0.497 e. The summed E-state index contributed by atoms with van der Waals surface area (Å²) in [6, 6.07) is 16.7. The van der Waals surface area contributed by atoms with E-state index in [9.17, 15) is 9.59 Å². The number of amides is 2. The Morgan fingerprint density at radius 2 is 1.24 bits per heavy atom. The van der Waals surface area contributed by atoms with Crippen LogP contribution < -0.4 is 29.6 Å². The summed E-state index contributed by atoms with van der Waals surface area (Å²) in [4.78, 5) is 24.8. The van der Waals surface area contributed by atoms with Crippen LogP contribution in [-0.4, -0.2) is 40.3 Å². The molecule has 3 rings (SSSR count). The van der Waals surface area contributed by atoms with Gasteiger partial charge in [0.25, 0.3) is 0 Å². The van der Waals surface area contributed by atoms with Gasteiger partial charge in [0.1, 0.15) is 5.75 Å². The second kappa shape index (κ2) is 11.4. The van der Waals surface area contributed by atoms with E-state index in [1.54, 1.807) is 73.8 Å². The number of anilines is 2. The minimum absolute atomic E-state index is 0.192. The highest BCUT2D eigenvalue weighted by Crippen LogP contribution is 2.38. The molecule has 3 aromatic carbocycles. The van der Waals surface area contributed by atoms with Crippen LogP contribution >= 0.6 is 0 Å². The molecule has 0 heterocycles. The van der Waals surface area contributed by atoms with Crippen molar-refractivity contribution in [3.05, 3.63) is 77.9 Å². The van der Waals surface area contributed by atoms with E-state index in [4.69, 9.17) is 18.9 Å². The summed E-state index contributed by atoms with van der Waals surface area (Å²) in [7, 11) is 6.17. The quantitative estimate of drug-likeness (QED) is 0.333. The Balaban J connectivity index is 1.63. The van der Waals surface area contributed by atoms with Crippen LogP contribution in [0.1, 0.15) is 15.9 Å². The number of benzene rings is 3. The van der Waals surface area contributed by atoms with Crippen molar-refractivity contribution in [1.82, 2.24) is 0 Å². The van der Waals surface area contributed by atoms with Gasteiger partial charge in [0, 0.05) is 16.9 Å². The Labute approximate surface area is 198 Å². The molecule has 0 aliphatic heterocycles. The summed E-state index contributed by atoms with van der Waals surface area (Å²) in [5, 5.41) is 5.46. The molecule has 0 bridgehead atoms. The summed E-state index contributed by atoms with van der Waals surface area (Å²) in [5.74, 6) is 1.98. The average molecular weight is 463 g/mol. The number of nitrogens with one attached hydrogen (secondary N) is 2. The van der Waals surface area contributed by atoms with Gasteiger partial charge in [-0.2, -0.15) is 0 Å². The lowest BCUT2D eigenvalue weighted by molar-refractivity contribution is 0.104. The molecule has 0 spiro atoms. The highest BCUT2D eigenvalue weighted by Gasteiger charge is 2.12. The SMILES string of the molecule is COc1ccc(NC(=O)Nc2ccc(C(=O)/C=C/c3cc(OC)c(OC)c(OC)c3)cc2)cc1. The van der Waals surface area contributed by atoms with Crippen molar-refractivity contribution in [2.24, 2.45) is 0 Å². The molecule has 0 fully saturated rings. The number of urea groups is 1. The minimum Gasteiger partial charge on any atom is -0.497 e. The third kappa shape index (κ3) is 6.07. The van der Waals surface area contributed by atoms with Crippen LogP contribution in [0.4, 0.5) is 16.2 Å². The number of carbonyl (C=O) groups excluding carboxylic acids is 2. The van der Waals surface area contributed by atoms with Gasteiger partial charge in [0.05, 0.1) is 28.4 Å². The third-order valence-electron chi connectivity index (χ3n) is 4.89. The van der Waals surface area contributed by atoms with E-state index in [2.05, 4.69) is 10.6 Å². The zero-order valence-electron chi connectivity index (χ0n) is 19.4. The predicted octanol–water partition coefficient (Wildman–Crippen LogP) is 5.26. The molecule has 0 aliphatic carbocycles. The van der Waals surface area contributed by atoms with Crippen LogP contribution in [0, 0.1) is 0 Å². The highest BCUT2D eigenvalue weighted by molar-refractivity contribution is 6.07. The van der Waals surface area contributed by atoms with E-state index in [1.807, 2.05) is 0 Å². The molecular formula is C26H26N2O6. The molecule has 34 heavy (non-hydrogen) atoms. The number of ether oxygens (including phenoxy) is 4. The summed E-state index contributed by atoms with van der Waals surface area (Å²) >= 11 is 0. The lowest BCUT2D eigenvalue weighted by atomic mass is 10.1. The summed E-state index contributed by atoms with van der Waals surface area (Å²) in [6.07, 6.45) is 3.13. The Hall–Kier alpha value is -4.46. The van der Waals surface area contributed by atoms with E-state index in [1.165, 1.54) is 27.4 Å². The van der Waals surface area contributed by atoms with Gasteiger partial charge in [0.2, 0.25) is 5.75 Å². The summed E-state index contributed by atoms with van der Waals surface area (Å²) < 4.78 is 21.1. The van der Waals surface area contributed by atoms with Gasteiger partial charge >= 0.3 is 6.03 Å². The maximum atomic E-state index is 12.6. The first kappa shape index (κ1) is 24.2. The van der Waals surface area contributed by atoms with Crippen molar-refractivity contribution in [2.75, 3.05) is 39.1 Å². The number of carbonyl (C=O) groups is 2. The van der Waals surface area contributed by atoms with Gasteiger partial charge in [0.15, 0.2) is 17.3 Å². The highest BCUT2D eigenvalue weighted by atomic mass is 16.5. The molecule has 0 saturated carbocycles. The first-order valence-corrected chi connectivity index (χ1v) is 10.3. The number of ketones is 1. The van der Waals surface area contributed by atoms with E-state index in [0.29, 0.717) is 39.9 Å². The maximum Gasteiger partial charge on any atom is 0.323 e. The lowest BCUT2D eigenvalue weighted by Crippen LogP contribution is -2.19. The Kier molecular flexibility index (Phi) is 8.12. The smallest absolute Gasteiger partial charge is 0.323 e. The molecule has 2 amide bonds. The van der Waals surface area contributed by atoms with E-state index in [0.717, 1.165) is 5.56 Å². The summed E-state index contributed by atoms with van der Waals surface area (Å²) in [6.45, 7) is 0. The molecule has 176 valence electrons. The number of allylic oxidation sites excluding steroid dienone is 1. The van der Waals surface area contributed by atoms with Crippen molar-refractivity contribution in [2.45, 2.75) is 0 Å². The van der Waals surface area contributed by atoms with Gasteiger partial charge < -0.3 is 29.6 Å². The first-order valence-electron chi connectivity index (χ1n) is 10.3. The summed E-state index contributed by atoms with van der Waals surface area (Å²) in [5.41, 5.74) is 2.37. The molecule has 0 aromatic heterocycles. The van der Waals surface area contributed by atoms with E-state index in [-0.39, 0.29) is 5.78 Å². The van der Waals surface area contributed by atoms with Crippen LogP contribution in [0.25, 0.3) is 6.08 Å². The van der Waals surface area contributed by atoms with Crippen molar-refractivity contribution >= 4 is 29.3 Å². The van der Waals surface area contributed by atoms with Crippen LogP contribution in [0.2, 0.25) is 0 Å². The van der Waals surface area contributed by atoms with Gasteiger partial charge in [-0.15, -0.1) is 0 Å². The van der Waals surface area contributed by atoms with Crippen LogP contribution in [0.5, 0.6) is 23.0 Å². The fourth-order valence-electron chi connectivity index (χ4n) is 3.15. The topological polar surface area (TPSA) is 95.1 Å². The molecule has 0 aliphatic rings. The van der Waals surface area contributed by atoms with Crippen molar-refractivity contribution in [3.8, 4) is 23.0 Å². The fraction of sp³-hybridized carbons (Fsp3) is 0.154. The minimum atomic E-state index is -0.397. The van der Waals surface area contributed by atoms with E-state index >= 15 is 0 Å². The van der Waals surface area contributed by atoms with Gasteiger partial charge in [-0.1, -0.05) is 6.08 Å². The second-order valence-corrected chi connectivity index (χ2v) is 7.04. The van der Waals surface area contributed by atoms with Gasteiger partial charge in [-0.25, -0.2) is 4.79 Å². The molecule has 0 radical (unpaired) electrons. The molecule has 0 saturated heterocycles. The Morgan fingerprint density at radius 3 is 1.71 bits per heavy atom. The van der Waals surface area contributed by atoms with Crippen LogP contribution in [-0.2, 0) is 0 Å². The standard InChI is InChI=1S/C26H26N2O6/c1-31-21-12-10-20(11-13-21)28-26(30)27-19-8-6-18(7-9-19)22(29)14-5-17-15-23(32-2)25(34-4)24(16-17)33-3/h5-16H,1-4H3,(H2,27,28,30)/b14-5+. The normalized spacial score (nSPS) is 10.5. The van der Waals surface area contributed by atoms with Crippen LogP contribution in [0.15, 0.2) is 66.7 Å². The maximum absolute atomic E-state index is 12.6. The van der Waals surface area contributed by atoms with Crippen molar-refractivity contribution in [3.63, 3.8) is 0 Å². The number of rotatable bonds is 9. The van der Waals surface area contributed by atoms with Gasteiger partial charge in [-0.05, 0) is 72.3 Å². The Morgan fingerprint density at radius 1 is 0.706 bits per heavy atom. The molecule has 0 unspecified atom stereocenters. The second-order valence-electron chi connectivity index (χ2n) is 7.04. The molecule has 8 heteroatoms. The third-order valence-corrected chi connectivity index (χ3v) is 4.89. The monoisotopic (exact) mass is 462 g/mol. The van der Waals surface area contributed by atoms with Crippen LogP contribution in [0.3, 0.4) is 0 Å². The molecule has 3 aromatic rings. The van der Waals surface area contributed by atoms with Crippen molar-refractivity contribution < 1.29 is 28.5 Å². The Bertz CT molecular complexity index is 1150.